The number of amides is 1. The van der Waals surface area contributed by atoms with Crippen molar-refractivity contribution in [3.05, 3.63) is 45.4 Å². The summed E-state index contributed by atoms with van der Waals surface area (Å²) in [6.07, 6.45) is 1.30. The van der Waals surface area contributed by atoms with Crippen molar-refractivity contribution in [2.24, 2.45) is 0 Å². The lowest BCUT2D eigenvalue weighted by Crippen LogP contribution is -2.17. The normalized spacial score (nSPS) is 18.8. The molecule has 1 amide bonds. The average Bonchev–Trinajstić information content (AvgIpc) is 3.09. The molecule has 0 saturated carbocycles. The summed E-state index contributed by atoms with van der Waals surface area (Å²) in [4.78, 5) is 17.6. The summed E-state index contributed by atoms with van der Waals surface area (Å²) < 4.78 is 22.9. The van der Waals surface area contributed by atoms with E-state index in [0.717, 1.165) is 16.1 Å². The van der Waals surface area contributed by atoms with E-state index in [4.69, 9.17) is 11.6 Å². The van der Waals surface area contributed by atoms with E-state index in [1.807, 2.05) is 31.2 Å². The minimum atomic E-state index is -2.91. The van der Waals surface area contributed by atoms with Gasteiger partial charge in [0.1, 0.15) is 0 Å². The van der Waals surface area contributed by atoms with Gasteiger partial charge in [-0.1, -0.05) is 29.8 Å². The summed E-state index contributed by atoms with van der Waals surface area (Å²) in [5.74, 6) is 0.475. The van der Waals surface area contributed by atoms with E-state index in [0.29, 0.717) is 23.0 Å². The molecule has 1 atom stereocenters. The van der Waals surface area contributed by atoms with Crippen LogP contribution in [0.15, 0.2) is 24.3 Å². The van der Waals surface area contributed by atoms with Gasteiger partial charge in [-0.3, -0.25) is 4.79 Å². The number of halogens is 1. The Kier molecular flexibility index (Phi) is 6.27. The Morgan fingerprint density at radius 1 is 1.42 bits per heavy atom. The topological polar surface area (TPSA) is 76.1 Å². The first-order valence-corrected chi connectivity index (χ1v) is 12.2. The maximum atomic E-state index is 12.1. The number of carbonyl (C=O) groups is 1. The molecule has 26 heavy (non-hydrogen) atoms. The first-order valence-electron chi connectivity index (χ1n) is 8.14. The fourth-order valence-corrected chi connectivity index (χ4v) is 7.35. The molecule has 1 fully saturated rings. The van der Waals surface area contributed by atoms with E-state index in [1.165, 1.54) is 23.1 Å². The van der Waals surface area contributed by atoms with Crippen LogP contribution in [0.1, 0.15) is 22.6 Å². The van der Waals surface area contributed by atoms with Gasteiger partial charge in [-0.05, 0) is 25.0 Å². The van der Waals surface area contributed by atoms with Crippen LogP contribution in [0.4, 0.5) is 5.13 Å². The summed E-state index contributed by atoms with van der Waals surface area (Å²) in [5, 5.41) is 4.11. The second kappa shape index (κ2) is 8.29. The summed E-state index contributed by atoms with van der Waals surface area (Å²) in [6, 6.07) is 7.67. The van der Waals surface area contributed by atoms with Crippen molar-refractivity contribution in [2.75, 3.05) is 22.6 Å². The van der Waals surface area contributed by atoms with Crippen molar-refractivity contribution in [3.63, 3.8) is 0 Å². The molecule has 2 heterocycles. The fraction of sp³-hybridized carbons (Fsp3) is 0.412. The molecule has 1 saturated heterocycles. The van der Waals surface area contributed by atoms with Gasteiger partial charge in [-0.15, -0.1) is 23.1 Å². The number of thioether (sulfide) groups is 1. The van der Waals surface area contributed by atoms with Gasteiger partial charge in [0.25, 0.3) is 0 Å². The van der Waals surface area contributed by atoms with Gasteiger partial charge in [0.2, 0.25) is 5.91 Å². The third-order valence-electron chi connectivity index (χ3n) is 4.09. The second-order valence-electron chi connectivity index (χ2n) is 6.18. The molecular formula is C17H19ClN2O3S3. The Bertz CT molecular complexity index is 912. The zero-order valence-corrected chi connectivity index (χ0v) is 17.4. The molecule has 9 heteroatoms. The number of thiazole rings is 1. The highest BCUT2D eigenvalue weighted by atomic mass is 35.5. The molecule has 140 valence electrons. The number of sulfone groups is 1. The summed E-state index contributed by atoms with van der Waals surface area (Å²) >= 11 is 9.05. The van der Waals surface area contributed by atoms with Gasteiger partial charge in [-0.2, -0.15) is 0 Å². The van der Waals surface area contributed by atoms with Crippen molar-refractivity contribution in [1.29, 1.82) is 0 Å². The number of hydrogen-bond acceptors (Lipinski definition) is 6. The smallest absolute Gasteiger partial charge is 0.236 e. The molecule has 2 aromatic rings. The van der Waals surface area contributed by atoms with Crippen molar-refractivity contribution in [1.82, 2.24) is 4.98 Å². The molecule has 1 aromatic carbocycles. The predicted octanol–water partition coefficient (Wildman–Crippen LogP) is 3.55. The van der Waals surface area contributed by atoms with Gasteiger partial charge in [0.05, 0.1) is 23.0 Å². The SMILES string of the molecule is Cc1nc(NC(=O)CSC2CCS(=O)(=O)C2)sc1Cc1ccccc1Cl. The first kappa shape index (κ1) is 19.7. The highest BCUT2D eigenvalue weighted by molar-refractivity contribution is 8.02. The monoisotopic (exact) mass is 430 g/mol. The lowest BCUT2D eigenvalue weighted by molar-refractivity contribution is -0.113. The van der Waals surface area contributed by atoms with E-state index in [-0.39, 0.29) is 28.4 Å². The molecule has 1 N–H and O–H groups in total. The fourth-order valence-electron chi connectivity index (χ4n) is 2.70. The first-order chi connectivity index (χ1) is 12.3. The quantitative estimate of drug-likeness (QED) is 0.758. The number of benzene rings is 1. The van der Waals surface area contributed by atoms with E-state index in [2.05, 4.69) is 10.3 Å². The van der Waals surface area contributed by atoms with Crippen molar-refractivity contribution >= 4 is 55.6 Å². The number of carbonyl (C=O) groups excluding carboxylic acids is 1. The lowest BCUT2D eigenvalue weighted by Gasteiger charge is -2.06. The number of aryl methyl sites for hydroxylation is 1. The zero-order chi connectivity index (χ0) is 18.7. The maximum absolute atomic E-state index is 12.1. The Morgan fingerprint density at radius 2 is 2.19 bits per heavy atom. The van der Waals surface area contributed by atoms with Crippen molar-refractivity contribution in [2.45, 2.75) is 25.0 Å². The highest BCUT2D eigenvalue weighted by Crippen LogP contribution is 2.28. The minimum Gasteiger partial charge on any atom is -0.301 e. The van der Waals surface area contributed by atoms with Gasteiger partial charge < -0.3 is 5.32 Å². The molecule has 0 aliphatic carbocycles. The molecule has 1 aliphatic heterocycles. The van der Waals surface area contributed by atoms with Crippen LogP contribution in [-0.4, -0.2) is 41.8 Å². The standard InChI is InChI=1S/C17H19ClN2O3S3/c1-11-15(8-12-4-2-3-5-14(12)18)25-17(19-11)20-16(21)9-24-13-6-7-26(22,23)10-13/h2-5,13H,6-10H2,1H3,(H,19,20,21). The summed E-state index contributed by atoms with van der Waals surface area (Å²) in [7, 11) is -2.91. The number of rotatable bonds is 6. The van der Waals surface area contributed by atoms with E-state index in [9.17, 15) is 13.2 Å². The zero-order valence-electron chi connectivity index (χ0n) is 14.2. The Morgan fingerprint density at radius 3 is 2.88 bits per heavy atom. The Balaban J connectivity index is 1.55. The molecule has 0 bridgehead atoms. The van der Waals surface area contributed by atoms with Crippen LogP contribution in [0.3, 0.4) is 0 Å². The van der Waals surface area contributed by atoms with E-state index < -0.39 is 9.84 Å². The number of aromatic nitrogens is 1. The van der Waals surface area contributed by atoms with Gasteiger partial charge in [-0.25, -0.2) is 13.4 Å². The van der Waals surface area contributed by atoms with Crippen LogP contribution in [0.25, 0.3) is 0 Å². The van der Waals surface area contributed by atoms with Crippen molar-refractivity contribution < 1.29 is 13.2 Å². The number of nitrogens with zero attached hydrogens (tertiary/aromatic N) is 1. The molecule has 0 spiro atoms. The molecule has 0 radical (unpaired) electrons. The summed E-state index contributed by atoms with van der Waals surface area (Å²) in [5.41, 5.74) is 1.90. The third-order valence-corrected chi connectivity index (χ3v) is 8.81. The molecule has 3 rings (SSSR count). The van der Waals surface area contributed by atoms with Crippen LogP contribution >= 0.6 is 34.7 Å². The minimum absolute atomic E-state index is 0.0135. The third kappa shape index (κ3) is 5.22. The van der Waals surface area contributed by atoms with Crippen LogP contribution in [0.2, 0.25) is 5.02 Å². The second-order valence-corrected chi connectivity index (χ2v) is 11.2. The molecule has 1 unspecified atom stereocenters. The predicted molar refractivity (Wildman–Crippen MR) is 109 cm³/mol. The van der Waals surface area contributed by atoms with Crippen LogP contribution < -0.4 is 5.32 Å². The molecular weight excluding hydrogens is 412 g/mol. The molecule has 1 aliphatic rings. The van der Waals surface area contributed by atoms with E-state index >= 15 is 0 Å². The Labute approximate surface area is 166 Å². The van der Waals surface area contributed by atoms with Crippen LogP contribution in [0.5, 0.6) is 0 Å². The molecule has 5 nitrogen and oxygen atoms in total. The van der Waals surface area contributed by atoms with Crippen LogP contribution in [0, 0.1) is 6.92 Å². The average molecular weight is 431 g/mol. The Hall–Kier alpha value is -1.09. The number of anilines is 1. The van der Waals surface area contributed by atoms with Crippen LogP contribution in [-0.2, 0) is 21.1 Å². The number of hydrogen-bond donors (Lipinski definition) is 1. The highest BCUT2D eigenvalue weighted by Gasteiger charge is 2.28. The van der Waals surface area contributed by atoms with Gasteiger partial charge in [0.15, 0.2) is 15.0 Å². The largest absolute Gasteiger partial charge is 0.301 e. The van der Waals surface area contributed by atoms with Crippen molar-refractivity contribution in [3.8, 4) is 0 Å². The van der Waals surface area contributed by atoms with E-state index in [1.54, 1.807) is 0 Å². The van der Waals surface area contributed by atoms with Gasteiger partial charge in [0, 0.05) is 21.6 Å². The maximum Gasteiger partial charge on any atom is 0.236 e. The lowest BCUT2D eigenvalue weighted by atomic mass is 10.1. The summed E-state index contributed by atoms with van der Waals surface area (Å²) in [6.45, 7) is 1.91. The number of nitrogens with one attached hydrogen (secondary N) is 1. The molecule has 1 aromatic heterocycles. The van der Waals surface area contributed by atoms with Gasteiger partial charge >= 0.3 is 0 Å².